The van der Waals surface area contributed by atoms with Crippen molar-refractivity contribution in [3.8, 4) is 5.75 Å². The monoisotopic (exact) mass is 324 g/mol. The molecule has 0 aliphatic heterocycles. The summed E-state index contributed by atoms with van der Waals surface area (Å²) in [4.78, 5) is 22.4. The Morgan fingerprint density at radius 3 is 2.36 bits per heavy atom. The largest absolute Gasteiger partial charge is 0.493 e. The number of ether oxygens (including phenoxy) is 1. The van der Waals surface area contributed by atoms with Crippen molar-refractivity contribution in [2.45, 2.75) is 32.2 Å². The number of thioether (sulfide) groups is 1. The zero-order valence-electron chi connectivity index (χ0n) is 13.5. The molecular formula is C16H24N2O3S. The van der Waals surface area contributed by atoms with Crippen molar-refractivity contribution in [3.05, 3.63) is 29.8 Å². The summed E-state index contributed by atoms with van der Waals surface area (Å²) in [5, 5.41) is 3.06. The number of likely N-dealkylation sites (N-methyl/N-ethyl adjacent to an activating group) is 1. The smallest absolute Gasteiger partial charge is 0.235 e. The molecule has 0 spiro atoms. The molecule has 0 saturated carbocycles. The first kappa shape index (κ1) is 18.5. The molecule has 0 radical (unpaired) electrons. The van der Waals surface area contributed by atoms with Gasteiger partial charge in [0.05, 0.1) is 12.6 Å². The van der Waals surface area contributed by atoms with Crippen molar-refractivity contribution >= 4 is 22.8 Å². The van der Waals surface area contributed by atoms with Gasteiger partial charge in [-0.25, -0.2) is 0 Å². The second kappa shape index (κ2) is 8.19. The number of carbonyl (C=O) groups excluding carboxylic acids is 2. The number of nitrogens with one attached hydrogen (secondary N) is 1. The lowest BCUT2D eigenvalue weighted by Gasteiger charge is -2.32. The molecule has 0 heterocycles. The van der Waals surface area contributed by atoms with E-state index in [1.165, 1.54) is 11.8 Å². The van der Waals surface area contributed by atoms with E-state index in [0.29, 0.717) is 12.4 Å². The number of benzene rings is 1. The lowest BCUT2D eigenvalue weighted by molar-refractivity contribution is -0.121. The fourth-order valence-corrected chi connectivity index (χ4v) is 2.81. The number of rotatable bonds is 8. The predicted octanol–water partition coefficient (Wildman–Crippen LogP) is 1.70. The van der Waals surface area contributed by atoms with Crippen LogP contribution in [0.15, 0.2) is 24.3 Å². The van der Waals surface area contributed by atoms with Crippen molar-refractivity contribution in [1.82, 2.24) is 5.32 Å². The van der Waals surface area contributed by atoms with Crippen LogP contribution in [-0.4, -0.2) is 36.5 Å². The Balaban J connectivity index is 2.71. The molecule has 0 aliphatic rings. The molecule has 0 bridgehead atoms. The Hall–Kier alpha value is -1.53. The highest BCUT2D eigenvalue weighted by molar-refractivity contribution is 8.13. The summed E-state index contributed by atoms with van der Waals surface area (Å²) in [6, 6.07) is 7.14. The molecule has 6 heteroatoms. The van der Waals surface area contributed by atoms with E-state index < -0.39 is 11.5 Å². The Labute approximate surface area is 136 Å². The highest BCUT2D eigenvalue weighted by Gasteiger charge is 2.34. The van der Waals surface area contributed by atoms with Crippen LogP contribution in [0.1, 0.15) is 26.3 Å². The number of nitrogens with two attached hydrogens (primary N) is 1. The Morgan fingerprint density at radius 2 is 1.91 bits per heavy atom. The summed E-state index contributed by atoms with van der Waals surface area (Å²) in [6.07, 6.45) is 0. The predicted molar refractivity (Wildman–Crippen MR) is 90.1 cm³/mol. The van der Waals surface area contributed by atoms with Crippen molar-refractivity contribution in [2.75, 3.05) is 19.4 Å². The minimum absolute atomic E-state index is 0.0882. The van der Waals surface area contributed by atoms with E-state index in [1.54, 1.807) is 14.0 Å². The van der Waals surface area contributed by atoms with Gasteiger partial charge in [-0.3, -0.25) is 9.59 Å². The van der Waals surface area contributed by atoms with E-state index in [-0.39, 0.29) is 11.0 Å². The Morgan fingerprint density at radius 1 is 1.32 bits per heavy atom. The van der Waals surface area contributed by atoms with Crippen LogP contribution in [0.3, 0.4) is 0 Å². The van der Waals surface area contributed by atoms with Crippen LogP contribution in [-0.2, 0) is 15.0 Å². The average molecular weight is 324 g/mol. The number of primary amides is 1. The molecule has 3 N–H and O–H groups in total. The molecule has 1 aromatic carbocycles. The fraction of sp³-hybridized carbons (Fsp3) is 0.500. The lowest BCUT2D eigenvalue weighted by atomic mass is 9.77. The van der Waals surface area contributed by atoms with Crippen LogP contribution in [0.4, 0.5) is 0 Å². The van der Waals surface area contributed by atoms with Gasteiger partial charge in [-0.1, -0.05) is 37.7 Å². The van der Waals surface area contributed by atoms with Crippen LogP contribution in [0.5, 0.6) is 5.75 Å². The molecule has 0 fully saturated rings. The molecule has 0 saturated heterocycles. The third kappa shape index (κ3) is 5.03. The highest BCUT2D eigenvalue weighted by Crippen LogP contribution is 2.28. The normalized spacial score (nSPS) is 12.7. The van der Waals surface area contributed by atoms with Crippen molar-refractivity contribution in [3.63, 3.8) is 0 Å². The number of hydrogen-bond donors (Lipinski definition) is 2. The topological polar surface area (TPSA) is 81.4 Å². The molecule has 0 unspecified atom stereocenters. The minimum Gasteiger partial charge on any atom is -0.493 e. The molecule has 22 heavy (non-hydrogen) atoms. The average Bonchev–Trinajstić information content (AvgIpc) is 2.44. The maximum absolute atomic E-state index is 11.6. The zero-order chi connectivity index (χ0) is 16.8. The van der Waals surface area contributed by atoms with Gasteiger partial charge in [-0.05, 0) is 24.7 Å². The van der Waals surface area contributed by atoms with E-state index in [1.807, 2.05) is 38.1 Å². The zero-order valence-corrected chi connectivity index (χ0v) is 14.3. The van der Waals surface area contributed by atoms with Crippen LogP contribution >= 0.6 is 11.8 Å². The van der Waals surface area contributed by atoms with Crippen molar-refractivity contribution < 1.29 is 14.3 Å². The molecule has 0 aromatic heterocycles. The van der Waals surface area contributed by atoms with Gasteiger partial charge in [-0.2, -0.15) is 0 Å². The summed E-state index contributed by atoms with van der Waals surface area (Å²) < 4.78 is 5.58. The lowest BCUT2D eigenvalue weighted by Crippen LogP contribution is -2.51. The van der Waals surface area contributed by atoms with E-state index >= 15 is 0 Å². The first-order valence-corrected chi connectivity index (χ1v) is 8.11. The van der Waals surface area contributed by atoms with Gasteiger partial charge in [0.15, 0.2) is 5.12 Å². The molecule has 5 nitrogen and oxygen atoms in total. The van der Waals surface area contributed by atoms with Gasteiger partial charge in [0, 0.05) is 18.1 Å². The Bertz CT molecular complexity index is 515. The number of carbonyl (C=O) groups is 2. The van der Waals surface area contributed by atoms with Gasteiger partial charge in [0.25, 0.3) is 0 Å². The molecule has 0 aliphatic carbocycles. The molecule has 1 atom stereocenters. The van der Waals surface area contributed by atoms with E-state index in [4.69, 9.17) is 10.5 Å². The quantitative estimate of drug-likeness (QED) is 0.711. The summed E-state index contributed by atoms with van der Waals surface area (Å²) in [5.41, 5.74) is 6.02. The molecule has 1 rings (SSSR count). The third-order valence-electron chi connectivity index (χ3n) is 3.55. The highest BCUT2D eigenvalue weighted by atomic mass is 32.2. The third-order valence-corrected chi connectivity index (χ3v) is 4.33. The van der Waals surface area contributed by atoms with Gasteiger partial charge in [0.1, 0.15) is 5.75 Å². The van der Waals surface area contributed by atoms with Gasteiger partial charge < -0.3 is 15.8 Å². The Kier molecular flexibility index (Phi) is 6.90. The maximum atomic E-state index is 11.6. The molecule has 122 valence electrons. The van der Waals surface area contributed by atoms with Crippen molar-refractivity contribution in [1.29, 1.82) is 0 Å². The van der Waals surface area contributed by atoms with Gasteiger partial charge in [0.2, 0.25) is 5.91 Å². The van der Waals surface area contributed by atoms with Crippen LogP contribution in [0, 0.1) is 0 Å². The second-order valence-electron chi connectivity index (χ2n) is 5.56. The SMILES string of the molecule is CN[C@H](C(N)=O)C(C)(C)c1ccc(OCCSC(C)=O)cc1. The fourth-order valence-electron chi connectivity index (χ4n) is 2.35. The van der Waals surface area contributed by atoms with E-state index in [0.717, 1.165) is 11.3 Å². The first-order valence-electron chi connectivity index (χ1n) is 7.12. The van der Waals surface area contributed by atoms with E-state index in [9.17, 15) is 9.59 Å². The summed E-state index contributed by atoms with van der Waals surface area (Å²) in [6.45, 7) is 5.96. The summed E-state index contributed by atoms with van der Waals surface area (Å²) >= 11 is 1.24. The number of amides is 1. The van der Waals surface area contributed by atoms with Gasteiger partial charge >= 0.3 is 0 Å². The van der Waals surface area contributed by atoms with Gasteiger partial charge in [-0.15, -0.1) is 0 Å². The van der Waals surface area contributed by atoms with Crippen LogP contribution in [0.2, 0.25) is 0 Å². The van der Waals surface area contributed by atoms with E-state index in [2.05, 4.69) is 5.32 Å². The molecular weight excluding hydrogens is 300 g/mol. The minimum atomic E-state index is -0.453. The standard InChI is InChI=1S/C16H24N2O3S/c1-11(19)22-10-9-21-13-7-5-12(6-8-13)16(2,3)14(18-4)15(17)20/h5-8,14,18H,9-10H2,1-4H3,(H2,17,20)/t14-/m1/s1. The molecule has 1 aromatic rings. The number of hydrogen-bond acceptors (Lipinski definition) is 5. The second-order valence-corrected chi connectivity index (χ2v) is 6.83. The summed E-state index contributed by atoms with van der Waals surface area (Å²) in [5.74, 6) is 0.990. The summed E-state index contributed by atoms with van der Waals surface area (Å²) in [7, 11) is 1.72. The maximum Gasteiger partial charge on any atom is 0.235 e. The van der Waals surface area contributed by atoms with Crippen LogP contribution in [0.25, 0.3) is 0 Å². The molecule has 1 amide bonds. The first-order chi connectivity index (χ1) is 10.3. The van der Waals surface area contributed by atoms with Crippen molar-refractivity contribution in [2.24, 2.45) is 5.73 Å². The van der Waals surface area contributed by atoms with Crippen LogP contribution < -0.4 is 15.8 Å².